The van der Waals surface area contributed by atoms with Gasteiger partial charge in [0.1, 0.15) is 5.82 Å². The van der Waals surface area contributed by atoms with Crippen molar-refractivity contribution < 1.29 is 0 Å². The van der Waals surface area contributed by atoms with E-state index in [4.69, 9.17) is 5.73 Å². The molecule has 1 aliphatic carbocycles. The van der Waals surface area contributed by atoms with E-state index in [1.54, 1.807) is 11.8 Å². The maximum Gasteiger partial charge on any atom is 0.191 e. The molecule has 1 heterocycles. The van der Waals surface area contributed by atoms with Gasteiger partial charge in [0.2, 0.25) is 0 Å². The molecule has 1 aliphatic rings. The zero-order valence-corrected chi connectivity index (χ0v) is 17.7. The summed E-state index contributed by atoms with van der Waals surface area (Å²) in [6, 6.07) is 0.613. The molecule has 8 heteroatoms. The lowest BCUT2D eigenvalue weighted by atomic mass is 10.2. The van der Waals surface area contributed by atoms with Crippen molar-refractivity contribution in [3.63, 3.8) is 0 Å². The number of halogens is 1. The van der Waals surface area contributed by atoms with E-state index >= 15 is 0 Å². The molecule has 1 saturated carbocycles. The summed E-state index contributed by atoms with van der Waals surface area (Å²) in [6.07, 6.45) is 6.36. The number of nitrogens with two attached hydrogens (primary N) is 1. The van der Waals surface area contributed by atoms with Gasteiger partial charge in [-0.05, 0) is 31.4 Å². The van der Waals surface area contributed by atoms with Crippen LogP contribution in [0.1, 0.15) is 38.9 Å². The first-order valence-electron chi connectivity index (χ1n) is 8.01. The Morgan fingerprint density at radius 2 is 2.13 bits per heavy atom. The molecule has 0 unspecified atom stereocenters. The van der Waals surface area contributed by atoms with Crippen LogP contribution in [-0.4, -0.2) is 51.5 Å². The molecule has 0 spiro atoms. The summed E-state index contributed by atoms with van der Waals surface area (Å²) in [6.45, 7) is 6.14. The van der Waals surface area contributed by atoms with Crippen molar-refractivity contribution in [1.29, 1.82) is 0 Å². The predicted molar refractivity (Wildman–Crippen MR) is 108 cm³/mol. The second kappa shape index (κ2) is 9.71. The summed E-state index contributed by atoms with van der Waals surface area (Å²) in [4.78, 5) is 6.57. The van der Waals surface area contributed by atoms with Crippen LogP contribution in [0, 0.1) is 5.92 Å². The Kier molecular flexibility index (Phi) is 8.66. The molecule has 23 heavy (non-hydrogen) atoms. The molecular weight excluding hydrogens is 423 g/mol. The van der Waals surface area contributed by atoms with E-state index in [-0.39, 0.29) is 24.0 Å². The van der Waals surface area contributed by atoms with Crippen molar-refractivity contribution in [2.75, 3.05) is 19.8 Å². The molecule has 1 fully saturated rings. The Labute approximate surface area is 160 Å². The fourth-order valence-electron chi connectivity index (χ4n) is 2.39. The Balaban J connectivity index is 0.00000264. The Hall–Kier alpha value is -0.510. The second-order valence-corrected chi connectivity index (χ2v) is 7.07. The maximum atomic E-state index is 6.00. The number of hydrogen-bond acceptors (Lipinski definition) is 4. The van der Waals surface area contributed by atoms with Gasteiger partial charge in [-0.25, -0.2) is 0 Å². The van der Waals surface area contributed by atoms with Crippen LogP contribution >= 0.6 is 35.7 Å². The van der Waals surface area contributed by atoms with Crippen molar-refractivity contribution in [3.8, 4) is 0 Å². The van der Waals surface area contributed by atoms with E-state index in [9.17, 15) is 0 Å². The molecule has 0 aliphatic heterocycles. The normalized spacial score (nSPS) is 14.9. The first kappa shape index (κ1) is 20.5. The first-order chi connectivity index (χ1) is 10.5. The molecule has 0 aromatic carbocycles. The zero-order chi connectivity index (χ0) is 16.1. The first-order valence-corrected chi connectivity index (χ1v) is 9.24. The fraction of sp³-hybridized carbons (Fsp3) is 0.800. The van der Waals surface area contributed by atoms with E-state index in [0.29, 0.717) is 17.9 Å². The van der Waals surface area contributed by atoms with E-state index in [0.717, 1.165) is 36.9 Å². The summed E-state index contributed by atoms with van der Waals surface area (Å²) < 4.78 is 2.23. The highest BCUT2D eigenvalue weighted by Gasteiger charge is 2.27. The molecule has 0 atom stereocenters. The minimum absolute atomic E-state index is 0. The standard InChI is InChI=1S/C15H28N6S.HI/c1-11(2)10-21-13(18-19-15(21)22-4)6-5-9-17-14(16)20(3)12-7-8-12;/h11-12H,5-10H2,1-4H3,(H2,16,17);1H. The van der Waals surface area contributed by atoms with Crippen LogP contribution < -0.4 is 5.73 Å². The molecule has 132 valence electrons. The highest BCUT2D eigenvalue weighted by Crippen LogP contribution is 2.24. The Morgan fingerprint density at radius 1 is 1.43 bits per heavy atom. The summed E-state index contributed by atoms with van der Waals surface area (Å²) >= 11 is 1.65. The third-order valence-electron chi connectivity index (χ3n) is 3.81. The molecule has 0 amide bonds. The number of rotatable bonds is 8. The van der Waals surface area contributed by atoms with E-state index in [1.165, 1.54) is 12.8 Å². The zero-order valence-electron chi connectivity index (χ0n) is 14.5. The molecule has 0 bridgehead atoms. The number of guanidine groups is 1. The minimum atomic E-state index is 0. The van der Waals surface area contributed by atoms with Crippen LogP contribution in [0.25, 0.3) is 0 Å². The average molecular weight is 452 g/mol. The van der Waals surface area contributed by atoms with Gasteiger partial charge >= 0.3 is 0 Å². The minimum Gasteiger partial charge on any atom is -0.370 e. The van der Waals surface area contributed by atoms with Gasteiger partial charge in [0.15, 0.2) is 11.1 Å². The van der Waals surface area contributed by atoms with Crippen LogP contribution in [0.2, 0.25) is 0 Å². The van der Waals surface area contributed by atoms with Crippen LogP contribution in [0.4, 0.5) is 0 Å². The molecule has 2 rings (SSSR count). The highest BCUT2D eigenvalue weighted by molar-refractivity contribution is 14.0. The van der Waals surface area contributed by atoms with Crippen LogP contribution in [-0.2, 0) is 13.0 Å². The second-order valence-electron chi connectivity index (χ2n) is 6.29. The quantitative estimate of drug-likeness (QED) is 0.216. The molecule has 2 N–H and O–H groups in total. The smallest absolute Gasteiger partial charge is 0.191 e. The lowest BCUT2D eigenvalue weighted by Gasteiger charge is -2.16. The van der Waals surface area contributed by atoms with Crippen LogP contribution in [0.5, 0.6) is 0 Å². The largest absolute Gasteiger partial charge is 0.370 e. The lowest BCUT2D eigenvalue weighted by molar-refractivity contribution is 0.476. The van der Waals surface area contributed by atoms with Gasteiger partial charge in [0, 0.05) is 32.6 Å². The Morgan fingerprint density at radius 3 is 2.70 bits per heavy atom. The molecule has 0 radical (unpaired) electrons. The van der Waals surface area contributed by atoms with E-state index in [2.05, 4.69) is 38.5 Å². The molecule has 0 saturated heterocycles. The van der Waals surface area contributed by atoms with Gasteiger partial charge in [-0.3, -0.25) is 4.99 Å². The number of thioether (sulfide) groups is 1. The molecular formula is C15H29IN6S. The highest BCUT2D eigenvalue weighted by atomic mass is 127. The molecule has 1 aromatic rings. The third kappa shape index (κ3) is 6.13. The number of hydrogen-bond donors (Lipinski definition) is 1. The van der Waals surface area contributed by atoms with Gasteiger partial charge < -0.3 is 15.2 Å². The summed E-state index contributed by atoms with van der Waals surface area (Å²) in [5.41, 5.74) is 6.00. The topological polar surface area (TPSA) is 72.3 Å². The third-order valence-corrected chi connectivity index (χ3v) is 4.48. The number of aryl methyl sites for hydroxylation is 1. The van der Waals surface area contributed by atoms with Gasteiger partial charge in [0.25, 0.3) is 0 Å². The predicted octanol–water partition coefficient (Wildman–Crippen LogP) is 2.62. The van der Waals surface area contributed by atoms with Gasteiger partial charge in [-0.15, -0.1) is 34.2 Å². The number of aromatic nitrogens is 3. The maximum absolute atomic E-state index is 6.00. The fourth-order valence-corrected chi connectivity index (χ4v) is 2.92. The van der Waals surface area contributed by atoms with Crippen LogP contribution in [0.15, 0.2) is 10.1 Å². The van der Waals surface area contributed by atoms with E-state index < -0.39 is 0 Å². The van der Waals surface area contributed by atoms with Crippen molar-refractivity contribution in [3.05, 3.63) is 5.82 Å². The van der Waals surface area contributed by atoms with Crippen molar-refractivity contribution in [1.82, 2.24) is 19.7 Å². The van der Waals surface area contributed by atoms with Gasteiger partial charge in [0.05, 0.1) is 0 Å². The van der Waals surface area contributed by atoms with Gasteiger partial charge in [-0.2, -0.15) is 0 Å². The SMILES string of the molecule is CSc1nnc(CCCN=C(N)N(C)C2CC2)n1CC(C)C.I. The molecule has 6 nitrogen and oxygen atoms in total. The average Bonchev–Trinajstić information content (AvgIpc) is 3.26. The summed E-state index contributed by atoms with van der Waals surface area (Å²) in [5.74, 6) is 2.31. The van der Waals surface area contributed by atoms with Crippen molar-refractivity contribution in [2.45, 2.75) is 57.3 Å². The Bertz CT molecular complexity index is 512. The van der Waals surface area contributed by atoms with Gasteiger partial charge in [-0.1, -0.05) is 25.6 Å². The van der Waals surface area contributed by atoms with Crippen LogP contribution in [0.3, 0.4) is 0 Å². The lowest BCUT2D eigenvalue weighted by Crippen LogP contribution is -2.35. The number of nitrogens with zero attached hydrogens (tertiary/aromatic N) is 5. The summed E-state index contributed by atoms with van der Waals surface area (Å²) in [5, 5.41) is 9.60. The van der Waals surface area contributed by atoms with E-state index in [1.807, 2.05) is 13.3 Å². The van der Waals surface area contributed by atoms with Crippen molar-refractivity contribution in [2.24, 2.45) is 16.6 Å². The number of aliphatic imine (C=N–C) groups is 1. The van der Waals surface area contributed by atoms with Crippen molar-refractivity contribution >= 4 is 41.7 Å². The monoisotopic (exact) mass is 452 g/mol. The summed E-state index contributed by atoms with van der Waals surface area (Å²) in [7, 11) is 2.03. The molecule has 1 aromatic heterocycles.